The van der Waals surface area contributed by atoms with Crippen molar-refractivity contribution >= 4 is 0 Å². The molecule has 14 aromatic rings. The molecule has 24 bridgehead atoms. The van der Waals surface area contributed by atoms with Gasteiger partial charge in [0.2, 0.25) is 0 Å². The largest absolute Gasteiger partial charge is 0.508 e. The Morgan fingerprint density at radius 2 is 0.246 bits per heavy atom. The summed E-state index contributed by atoms with van der Waals surface area (Å²) in [5.41, 5.74) is 1.82. The van der Waals surface area contributed by atoms with Gasteiger partial charge in [-0.05, 0) is 174 Å². The molecule has 20 heteroatoms. The lowest BCUT2D eigenvalue weighted by Gasteiger charge is -2.33. The van der Waals surface area contributed by atoms with Crippen LogP contribution in [0.3, 0.4) is 0 Å². The zero-order chi connectivity index (χ0) is 87.0. The van der Waals surface area contributed by atoms with Crippen molar-refractivity contribution in [1.29, 1.82) is 0 Å². The summed E-state index contributed by atoms with van der Waals surface area (Å²) in [7, 11) is 0. The van der Waals surface area contributed by atoms with Gasteiger partial charge in [0.05, 0.1) is 0 Å². The van der Waals surface area contributed by atoms with E-state index in [-0.39, 0.29) is 190 Å². The van der Waals surface area contributed by atoms with E-state index < -0.39 is 139 Å². The van der Waals surface area contributed by atoms with Gasteiger partial charge >= 0.3 is 0 Å². The maximum absolute atomic E-state index is 13.6. The summed E-state index contributed by atoms with van der Waals surface area (Å²) < 4.78 is 0. The third-order valence-electron chi connectivity index (χ3n) is 26.4. The Balaban J connectivity index is 1.11. The fourth-order valence-corrected chi connectivity index (χ4v) is 19.4. The van der Waals surface area contributed by atoms with Crippen molar-refractivity contribution in [2.75, 3.05) is 0 Å². The molecule has 0 saturated carbocycles. The van der Waals surface area contributed by atoms with E-state index in [1.807, 2.05) is 0 Å². The highest BCUT2D eigenvalue weighted by atomic mass is 16.3. The first-order chi connectivity index (χ1) is 58.0. The number of phenols is 20. The number of phenolic OH excluding ortho intramolecular Hbond substituents is 20. The summed E-state index contributed by atoms with van der Waals surface area (Å²) in [6.45, 7) is 14.8. The molecular weight excluding hydrogens is 1550 g/mol. The maximum Gasteiger partial charge on any atom is 0.126 e. The molecule has 14 aromatic carbocycles. The third kappa shape index (κ3) is 11.9. The first-order valence-electron chi connectivity index (χ1n) is 39.8. The van der Waals surface area contributed by atoms with E-state index >= 15 is 0 Å². The van der Waals surface area contributed by atoms with E-state index in [1.54, 1.807) is 97.1 Å². The number of hydrogen-bond acceptors (Lipinski definition) is 20. The van der Waals surface area contributed by atoms with E-state index in [0.717, 1.165) is 0 Å². The van der Waals surface area contributed by atoms with E-state index in [9.17, 15) is 102 Å². The summed E-state index contributed by atoms with van der Waals surface area (Å²) >= 11 is 0. The Labute approximate surface area is 701 Å². The summed E-state index contributed by atoms with van der Waals surface area (Å²) in [6.07, 6.45) is 0. The van der Waals surface area contributed by atoms with Crippen molar-refractivity contribution in [1.82, 2.24) is 0 Å². The van der Waals surface area contributed by atoms with Crippen molar-refractivity contribution in [3.05, 3.63) is 371 Å². The van der Waals surface area contributed by atoms with Gasteiger partial charge in [-0.25, -0.2) is 0 Å². The predicted octanol–water partition coefficient (Wildman–Crippen LogP) is 19.3. The third-order valence-corrected chi connectivity index (χ3v) is 26.4. The topological polar surface area (TPSA) is 405 Å². The zero-order valence-electron chi connectivity index (χ0n) is 67.9. The molecule has 122 heavy (non-hydrogen) atoms. The molecule has 3 aliphatic carbocycles. The Morgan fingerprint density at radius 1 is 0.131 bits per heavy atom. The van der Waals surface area contributed by atoms with Gasteiger partial charge in [-0.15, -0.1) is 0 Å². The first kappa shape index (κ1) is 79.5. The highest BCUT2D eigenvalue weighted by Gasteiger charge is 2.43. The van der Waals surface area contributed by atoms with Gasteiger partial charge in [-0.1, -0.05) is 121 Å². The molecule has 8 atom stereocenters. The molecule has 0 spiro atoms. The molecule has 0 aliphatic heterocycles. The molecule has 616 valence electrons. The second-order valence-electron chi connectivity index (χ2n) is 33.0. The standard InChI is InChI=1S/C102H88O20/c1-41-75(103)27-23-59(87(41)107)79-51-15-11-16-52(31-51)80(60-24-28-76(104)42(2)88(60)108)64-36-68(96(116)46(6)92(64)112)84-56-20-13-19-55(33-56)83(67-35-63(79)91(111)45(5)95(67)115)71-39-72(100(120)49(9)99(71)119)85-57-21-14-22-58(34-57)86(74-40-73(84)101(121)50(10)102(74)122)70-38-66(94(114)48(8)98(70)118)82(62-26-30-78(106)44(4)90(62)110)54-18-12-17-53(32-54)81(61-25-29-77(105)43(3)89(61)109)65-37-69(85)97(117)47(7)93(65)113/h11-40,79-86,103-122H,1-10H3. The predicted molar refractivity (Wildman–Crippen MR) is 458 cm³/mol. The molecule has 0 aromatic heterocycles. The minimum atomic E-state index is -1.51. The summed E-state index contributed by atoms with van der Waals surface area (Å²) in [6, 6.07) is 47.5. The second kappa shape index (κ2) is 29.0. The highest BCUT2D eigenvalue weighted by molar-refractivity contribution is 5.76. The van der Waals surface area contributed by atoms with Crippen LogP contribution in [0.4, 0.5) is 0 Å². The van der Waals surface area contributed by atoms with Gasteiger partial charge in [0.25, 0.3) is 0 Å². The molecule has 17 rings (SSSR count). The smallest absolute Gasteiger partial charge is 0.126 e. The van der Waals surface area contributed by atoms with Crippen LogP contribution in [0.1, 0.15) is 237 Å². The normalized spacial score (nSPS) is 17.6. The van der Waals surface area contributed by atoms with Crippen LogP contribution in [-0.2, 0) is 0 Å². The molecular formula is C102H88O20. The van der Waals surface area contributed by atoms with Crippen molar-refractivity contribution in [2.24, 2.45) is 0 Å². The monoisotopic (exact) mass is 1630 g/mol. The average molecular weight is 1630 g/mol. The fraction of sp³-hybridized carbons (Fsp3) is 0.176. The van der Waals surface area contributed by atoms with Crippen LogP contribution in [0, 0.1) is 69.2 Å². The minimum absolute atomic E-state index is 0.0258. The maximum atomic E-state index is 13.6. The van der Waals surface area contributed by atoms with Gasteiger partial charge in [0.15, 0.2) is 0 Å². The quantitative estimate of drug-likeness (QED) is 0.0778. The van der Waals surface area contributed by atoms with E-state index in [1.165, 1.54) is 154 Å². The molecule has 3 aliphatic rings. The number of aromatic hydroxyl groups is 20. The molecule has 8 unspecified atom stereocenters. The lowest BCUT2D eigenvalue weighted by molar-refractivity contribution is 0.423. The first-order valence-corrected chi connectivity index (χ1v) is 39.8. The van der Waals surface area contributed by atoms with Crippen LogP contribution in [0.15, 0.2) is 182 Å². The van der Waals surface area contributed by atoms with Gasteiger partial charge in [-0.2, -0.15) is 0 Å². The van der Waals surface area contributed by atoms with Crippen molar-refractivity contribution in [3.63, 3.8) is 0 Å². The molecule has 0 amide bonds. The van der Waals surface area contributed by atoms with E-state index in [2.05, 4.69) is 0 Å². The van der Waals surface area contributed by atoms with Crippen LogP contribution in [0.5, 0.6) is 115 Å². The number of rotatable bonds is 4. The lowest BCUT2D eigenvalue weighted by atomic mass is 9.72. The highest BCUT2D eigenvalue weighted by Crippen LogP contribution is 2.61. The molecule has 20 N–H and O–H groups in total. The van der Waals surface area contributed by atoms with Crippen molar-refractivity contribution in [3.8, 4) is 115 Å². The Hall–Kier alpha value is -14.9. The van der Waals surface area contributed by atoms with Crippen LogP contribution in [0.25, 0.3) is 0 Å². The summed E-state index contributed by atoms with van der Waals surface area (Å²) in [5.74, 6) is -20.1. The van der Waals surface area contributed by atoms with Crippen molar-refractivity contribution < 1.29 is 102 Å². The van der Waals surface area contributed by atoms with Crippen LogP contribution < -0.4 is 0 Å². The van der Waals surface area contributed by atoms with Gasteiger partial charge in [0.1, 0.15) is 115 Å². The van der Waals surface area contributed by atoms with Gasteiger partial charge in [-0.3, -0.25) is 0 Å². The SMILES string of the molecule is Cc1c(O)ccc(C2c3cccc(c3)C(c3ccc(O)c(C)c3O)c3cc(c(O)c(C)c3O)C3c4cccc(c4)C(c4cc2c(O)c(C)c4O)c2cc(c(O)c(C)c2O)C2c4cccc(c4)C(c4cc(c(O)c(C)c4O)C(c4ccc(O)c(C)c4O)c4cccc(c4)C(c4ccc(O)c(C)c4O)c4cc2c(O)c(C)c4O)c2cc3c(O)c(C)c2O)c1O. The molecule has 0 fully saturated rings. The van der Waals surface area contributed by atoms with Gasteiger partial charge in [0, 0.05) is 192 Å². The Morgan fingerprint density at radius 3 is 0.377 bits per heavy atom. The lowest BCUT2D eigenvalue weighted by Crippen LogP contribution is -2.16. The van der Waals surface area contributed by atoms with E-state index in [0.29, 0.717) is 22.3 Å². The molecule has 0 saturated heterocycles. The zero-order valence-corrected chi connectivity index (χ0v) is 67.9. The van der Waals surface area contributed by atoms with Crippen LogP contribution >= 0.6 is 0 Å². The Bertz CT molecular complexity index is 6070. The van der Waals surface area contributed by atoms with E-state index in [4.69, 9.17) is 0 Å². The van der Waals surface area contributed by atoms with Crippen LogP contribution in [-0.4, -0.2) is 102 Å². The summed E-state index contributed by atoms with van der Waals surface area (Å²) in [5, 5.41) is 257. The number of benzene rings is 14. The summed E-state index contributed by atoms with van der Waals surface area (Å²) in [4.78, 5) is 0. The molecule has 0 heterocycles. The molecule has 0 radical (unpaired) electrons. The Kier molecular flexibility index (Phi) is 18.9. The fourth-order valence-electron chi connectivity index (χ4n) is 19.4. The van der Waals surface area contributed by atoms with Crippen LogP contribution in [0.2, 0.25) is 0 Å². The van der Waals surface area contributed by atoms with Gasteiger partial charge < -0.3 is 102 Å². The number of hydrogen-bond donors (Lipinski definition) is 20. The number of fused-ring (bicyclic) bond motifs is 24. The minimum Gasteiger partial charge on any atom is -0.508 e. The average Bonchev–Trinajstić information content (AvgIpc) is 0.725. The second-order valence-corrected chi connectivity index (χ2v) is 33.0. The molecule has 20 nitrogen and oxygen atoms in total. The van der Waals surface area contributed by atoms with Crippen molar-refractivity contribution in [2.45, 2.75) is 117 Å².